The van der Waals surface area contributed by atoms with Crippen LogP contribution in [0.3, 0.4) is 0 Å². The maximum Gasteiger partial charge on any atom is 0.128 e. The van der Waals surface area contributed by atoms with E-state index in [1.807, 2.05) is 24.5 Å². The van der Waals surface area contributed by atoms with Crippen LogP contribution in [-0.2, 0) is 19.5 Å². The van der Waals surface area contributed by atoms with Crippen molar-refractivity contribution in [2.45, 2.75) is 51.7 Å². The minimum absolute atomic E-state index is 0.104. The third-order valence-corrected chi connectivity index (χ3v) is 5.12. The fourth-order valence-corrected chi connectivity index (χ4v) is 3.63. The van der Waals surface area contributed by atoms with E-state index in [0.717, 1.165) is 55.8 Å². The molecular weight excluding hydrogens is 327 g/mol. The van der Waals surface area contributed by atoms with Crippen LogP contribution < -0.4 is 0 Å². The maximum absolute atomic E-state index is 13.9. The van der Waals surface area contributed by atoms with Crippen molar-refractivity contribution in [1.29, 1.82) is 0 Å². The molecule has 1 fully saturated rings. The van der Waals surface area contributed by atoms with Gasteiger partial charge in [0.25, 0.3) is 0 Å². The normalized spacial score (nSPS) is 18.4. The van der Waals surface area contributed by atoms with Crippen molar-refractivity contribution < 1.29 is 4.39 Å². The first-order valence-electron chi connectivity index (χ1n) is 9.61. The second-order valence-electron chi connectivity index (χ2n) is 7.30. The lowest BCUT2D eigenvalue weighted by Crippen LogP contribution is -2.45. The Balaban J connectivity index is 1.55. The second kappa shape index (κ2) is 9.19. The molecule has 0 amide bonds. The van der Waals surface area contributed by atoms with Gasteiger partial charge in [0.05, 0.1) is 0 Å². The number of likely N-dealkylation sites (tertiary alicyclic amines) is 1. The number of aromatic nitrogens is 2. The molecule has 4 nitrogen and oxygen atoms in total. The molecule has 0 N–H and O–H groups in total. The first-order valence-corrected chi connectivity index (χ1v) is 9.61. The minimum Gasteiger partial charge on any atom is -0.298 e. The number of aryl methyl sites for hydroxylation is 1. The molecule has 0 bridgehead atoms. The first-order chi connectivity index (χ1) is 12.7. The van der Waals surface area contributed by atoms with Crippen molar-refractivity contribution in [3.63, 3.8) is 0 Å². The summed E-state index contributed by atoms with van der Waals surface area (Å²) >= 11 is 0. The average Bonchev–Trinajstić information content (AvgIpc) is 2.66. The summed E-state index contributed by atoms with van der Waals surface area (Å²) in [4.78, 5) is 13.7. The van der Waals surface area contributed by atoms with Gasteiger partial charge in [-0.3, -0.25) is 9.80 Å². The predicted molar refractivity (Wildman–Crippen MR) is 102 cm³/mol. The summed E-state index contributed by atoms with van der Waals surface area (Å²) in [6, 6.07) is 7.57. The van der Waals surface area contributed by atoms with Gasteiger partial charge in [-0.05, 0) is 38.9 Å². The summed E-state index contributed by atoms with van der Waals surface area (Å²) in [5.41, 5.74) is 1.94. The highest BCUT2D eigenvalue weighted by atomic mass is 19.1. The third kappa shape index (κ3) is 5.08. The zero-order chi connectivity index (χ0) is 18.4. The monoisotopic (exact) mass is 356 g/mol. The van der Waals surface area contributed by atoms with Crippen LogP contribution in [0.15, 0.2) is 36.7 Å². The smallest absolute Gasteiger partial charge is 0.128 e. The van der Waals surface area contributed by atoms with Crippen molar-refractivity contribution in [3.8, 4) is 0 Å². The molecular formula is C21H29FN4. The van der Waals surface area contributed by atoms with Crippen LogP contribution in [0.25, 0.3) is 0 Å². The Morgan fingerprint density at radius 3 is 2.73 bits per heavy atom. The van der Waals surface area contributed by atoms with E-state index in [1.54, 1.807) is 12.1 Å². The van der Waals surface area contributed by atoms with E-state index < -0.39 is 0 Å². The quantitative estimate of drug-likeness (QED) is 0.758. The molecule has 2 aromatic rings. The van der Waals surface area contributed by atoms with Gasteiger partial charge in [0.15, 0.2) is 0 Å². The van der Waals surface area contributed by atoms with Crippen LogP contribution in [0, 0.1) is 5.82 Å². The maximum atomic E-state index is 13.9. The Bertz CT molecular complexity index is 689. The lowest BCUT2D eigenvalue weighted by molar-refractivity contribution is 0.106. The standard InChI is InChI=1S/C21H29FN4/c1-3-7-21-23-12-17(13-24-21)14-25(2)19-9-6-11-26(16-19)15-18-8-4-5-10-20(18)22/h4-5,8,10,12-13,19H,3,6-7,9,11,14-16H2,1-2H3/t19-/m1/s1. The van der Waals surface area contributed by atoms with E-state index >= 15 is 0 Å². The van der Waals surface area contributed by atoms with Crippen molar-refractivity contribution >= 4 is 0 Å². The fraction of sp³-hybridized carbons (Fsp3) is 0.524. The van der Waals surface area contributed by atoms with E-state index in [-0.39, 0.29) is 5.82 Å². The largest absolute Gasteiger partial charge is 0.298 e. The molecule has 0 aliphatic carbocycles. The minimum atomic E-state index is -0.104. The Morgan fingerprint density at radius 1 is 1.23 bits per heavy atom. The van der Waals surface area contributed by atoms with Gasteiger partial charge in [0.1, 0.15) is 11.6 Å². The van der Waals surface area contributed by atoms with Crippen LogP contribution in [0.4, 0.5) is 4.39 Å². The van der Waals surface area contributed by atoms with Gasteiger partial charge in [-0.2, -0.15) is 0 Å². The lowest BCUT2D eigenvalue weighted by atomic mass is 10.0. The number of likely N-dealkylation sites (N-methyl/N-ethyl adjacent to an activating group) is 1. The van der Waals surface area contributed by atoms with Crippen LogP contribution in [0.2, 0.25) is 0 Å². The van der Waals surface area contributed by atoms with Crippen LogP contribution in [0.1, 0.15) is 43.1 Å². The summed E-state index contributed by atoms with van der Waals surface area (Å²) in [7, 11) is 2.16. The molecule has 1 saturated heterocycles. The van der Waals surface area contributed by atoms with Gasteiger partial charge in [0.2, 0.25) is 0 Å². The SMILES string of the molecule is CCCc1ncc(CN(C)[C@@H]2CCCN(Cc3ccccc3F)C2)cn1. The highest BCUT2D eigenvalue weighted by molar-refractivity contribution is 5.17. The van der Waals surface area contributed by atoms with Gasteiger partial charge < -0.3 is 0 Å². The van der Waals surface area contributed by atoms with E-state index in [4.69, 9.17) is 0 Å². The summed E-state index contributed by atoms with van der Waals surface area (Å²) in [5, 5.41) is 0. The molecule has 0 unspecified atom stereocenters. The Kier molecular flexibility index (Phi) is 6.69. The third-order valence-electron chi connectivity index (χ3n) is 5.12. The number of benzene rings is 1. The highest BCUT2D eigenvalue weighted by Gasteiger charge is 2.24. The molecule has 140 valence electrons. The van der Waals surface area contributed by atoms with E-state index in [0.29, 0.717) is 12.6 Å². The topological polar surface area (TPSA) is 32.3 Å². The second-order valence-corrected chi connectivity index (χ2v) is 7.30. The summed E-state index contributed by atoms with van der Waals surface area (Å²) in [5.74, 6) is 0.819. The molecule has 3 rings (SSSR count). The highest BCUT2D eigenvalue weighted by Crippen LogP contribution is 2.19. The zero-order valence-corrected chi connectivity index (χ0v) is 15.9. The molecule has 1 atom stereocenters. The van der Waals surface area contributed by atoms with E-state index in [2.05, 4.69) is 33.7 Å². The molecule has 1 aromatic heterocycles. The Hall–Kier alpha value is -1.85. The lowest BCUT2D eigenvalue weighted by Gasteiger charge is -2.37. The molecule has 0 saturated carbocycles. The Labute approximate surface area is 156 Å². The van der Waals surface area contributed by atoms with Gasteiger partial charge in [0, 0.05) is 55.6 Å². The molecule has 0 radical (unpaired) electrons. The van der Waals surface area contributed by atoms with Crippen LogP contribution in [-0.4, -0.2) is 45.9 Å². The zero-order valence-electron chi connectivity index (χ0n) is 15.9. The summed E-state index contributed by atoms with van der Waals surface area (Å²) in [6.45, 7) is 5.69. The van der Waals surface area contributed by atoms with Crippen molar-refractivity contribution in [1.82, 2.24) is 19.8 Å². The van der Waals surface area contributed by atoms with Crippen LogP contribution in [0.5, 0.6) is 0 Å². The van der Waals surface area contributed by atoms with E-state index in [1.165, 1.54) is 6.42 Å². The molecule has 26 heavy (non-hydrogen) atoms. The average molecular weight is 356 g/mol. The predicted octanol–water partition coefficient (Wildman–Crippen LogP) is 3.66. The van der Waals surface area contributed by atoms with Gasteiger partial charge in [-0.25, -0.2) is 14.4 Å². The number of rotatable bonds is 7. The van der Waals surface area contributed by atoms with Gasteiger partial charge >= 0.3 is 0 Å². The molecule has 1 aromatic carbocycles. The molecule has 2 heterocycles. The number of nitrogens with zero attached hydrogens (tertiary/aromatic N) is 4. The molecule has 1 aliphatic heterocycles. The Morgan fingerprint density at radius 2 is 2.00 bits per heavy atom. The van der Waals surface area contributed by atoms with Gasteiger partial charge in [-0.1, -0.05) is 25.1 Å². The number of hydrogen-bond acceptors (Lipinski definition) is 4. The van der Waals surface area contributed by atoms with E-state index in [9.17, 15) is 4.39 Å². The van der Waals surface area contributed by atoms with Crippen molar-refractivity contribution in [2.24, 2.45) is 0 Å². The summed E-state index contributed by atoms with van der Waals surface area (Å²) < 4.78 is 13.9. The number of hydrogen-bond donors (Lipinski definition) is 0. The van der Waals surface area contributed by atoms with Crippen molar-refractivity contribution in [3.05, 3.63) is 59.4 Å². The van der Waals surface area contributed by atoms with Gasteiger partial charge in [-0.15, -0.1) is 0 Å². The molecule has 0 spiro atoms. The first kappa shape index (κ1) is 18.9. The number of piperidine rings is 1. The van der Waals surface area contributed by atoms with Crippen molar-refractivity contribution in [2.75, 3.05) is 20.1 Å². The fourth-order valence-electron chi connectivity index (χ4n) is 3.63. The number of halogens is 1. The summed E-state index contributed by atoms with van der Waals surface area (Å²) in [6.07, 6.45) is 8.24. The van der Waals surface area contributed by atoms with Crippen LogP contribution >= 0.6 is 0 Å². The molecule has 1 aliphatic rings. The molecule has 5 heteroatoms.